The summed E-state index contributed by atoms with van der Waals surface area (Å²) in [5.74, 6) is -3.35. The van der Waals surface area contributed by atoms with Gasteiger partial charge in [0, 0.05) is 0 Å². The zero-order chi connectivity index (χ0) is 29.8. The summed E-state index contributed by atoms with van der Waals surface area (Å²) < 4.78 is 159. The molecule has 0 atom stereocenters. The Morgan fingerprint density at radius 3 is 0.974 bits per heavy atom. The van der Waals surface area contributed by atoms with Crippen molar-refractivity contribution in [1.82, 2.24) is 10.6 Å². The molecule has 0 radical (unpaired) electrons. The average molecular weight is 580 g/mol. The minimum Gasteiger partial charge on any atom is -0.277 e. The van der Waals surface area contributed by atoms with E-state index in [1.165, 1.54) is 10.6 Å². The fourth-order valence-corrected chi connectivity index (χ4v) is 3.90. The summed E-state index contributed by atoms with van der Waals surface area (Å²) >= 11 is 0. The van der Waals surface area contributed by atoms with E-state index in [9.17, 15) is 67.1 Å². The maximum Gasteiger partial charge on any atom is 0.416 e. The molecule has 212 valence electrons. The standard InChI is InChI=1S/C22H12F12N2O3/c23-19(24,25)11-1-9(2-12(5-11)20(26,27)28)7-18(15(37)35-17(39)36-16(18)38)8-10-3-13(21(29,30)31)6-14(4-10)22(32,33)34/h1-6H,7-8H2,(H2,35,36,37,38,39). The average Bonchev–Trinajstić information content (AvgIpc) is 2.74. The van der Waals surface area contributed by atoms with Crippen LogP contribution in [0, 0.1) is 5.41 Å². The highest BCUT2D eigenvalue weighted by atomic mass is 19.4. The molecular formula is C22H12F12N2O3. The first-order valence-corrected chi connectivity index (χ1v) is 10.3. The van der Waals surface area contributed by atoms with Gasteiger partial charge in [0.25, 0.3) is 0 Å². The van der Waals surface area contributed by atoms with Crippen LogP contribution in [0.25, 0.3) is 0 Å². The summed E-state index contributed by atoms with van der Waals surface area (Å²) in [7, 11) is 0. The maximum atomic E-state index is 13.3. The van der Waals surface area contributed by atoms with Crippen molar-refractivity contribution < 1.29 is 67.1 Å². The topological polar surface area (TPSA) is 75.3 Å². The van der Waals surface area contributed by atoms with Gasteiger partial charge in [0.15, 0.2) is 0 Å². The van der Waals surface area contributed by atoms with E-state index in [0.717, 1.165) is 0 Å². The molecule has 2 aromatic carbocycles. The highest BCUT2D eigenvalue weighted by Gasteiger charge is 2.51. The van der Waals surface area contributed by atoms with Crippen molar-refractivity contribution in [3.05, 3.63) is 69.8 Å². The van der Waals surface area contributed by atoms with Crippen LogP contribution in [0.2, 0.25) is 0 Å². The normalized spacial score (nSPS) is 16.7. The van der Waals surface area contributed by atoms with Gasteiger partial charge >= 0.3 is 30.7 Å². The molecule has 0 unspecified atom stereocenters. The van der Waals surface area contributed by atoms with E-state index in [4.69, 9.17) is 0 Å². The van der Waals surface area contributed by atoms with Crippen LogP contribution in [-0.2, 0) is 47.1 Å². The van der Waals surface area contributed by atoms with Gasteiger partial charge in [-0.2, -0.15) is 52.7 Å². The zero-order valence-corrected chi connectivity index (χ0v) is 18.6. The molecule has 1 aliphatic rings. The lowest BCUT2D eigenvalue weighted by molar-refractivity contribution is -0.144. The number of hydrogen-bond donors (Lipinski definition) is 2. The second kappa shape index (κ2) is 9.44. The van der Waals surface area contributed by atoms with E-state index < -0.39 is 94.2 Å². The lowest BCUT2D eigenvalue weighted by Gasteiger charge is -2.34. The van der Waals surface area contributed by atoms with E-state index in [-0.39, 0.29) is 36.4 Å². The number of rotatable bonds is 4. The van der Waals surface area contributed by atoms with Crippen molar-refractivity contribution >= 4 is 17.8 Å². The molecule has 1 aliphatic heterocycles. The molecule has 0 aliphatic carbocycles. The van der Waals surface area contributed by atoms with E-state index in [0.29, 0.717) is 0 Å². The number of benzene rings is 2. The first kappa shape index (κ1) is 29.8. The third-order valence-electron chi connectivity index (χ3n) is 5.63. The van der Waals surface area contributed by atoms with Crippen LogP contribution in [0.15, 0.2) is 36.4 Å². The van der Waals surface area contributed by atoms with Crippen LogP contribution < -0.4 is 10.6 Å². The number of amides is 4. The predicted molar refractivity (Wildman–Crippen MR) is 104 cm³/mol. The van der Waals surface area contributed by atoms with Crippen molar-refractivity contribution in [3.8, 4) is 0 Å². The quantitative estimate of drug-likeness (QED) is 0.350. The van der Waals surface area contributed by atoms with E-state index in [1.807, 2.05) is 0 Å². The Kier molecular flexibility index (Phi) is 7.21. The van der Waals surface area contributed by atoms with Gasteiger partial charge in [-0.15, -0.1) is 0 Å². The third kappa shape index (κ3) is 6.44. The molecule has 4 amide bonds. The van der Waals surface area contributed by atoms with Crippen LogP contribution in [0.4, 0.5) is 57.5 Å². The van der Waals surface area contributed by atoms with E-state index in [1.54, 1.807) is 0 Å². The van der Waals surface area contributed by atoms with Crippen LogP contribution in [0.1, 0.15) is 33.4 Å². The first-order valence-electron chi connectivity index (χ1n) is 10.3. The Morgan fingerprint density at radius 1 is 0.487 bits per heavy atom. The molecule has 2 N–H and O–H groups in total. The van der Waals surface area contributed by atoms with Crippen LogP contribution in [0.3, 0.4) is 0 Å². The number of hydrogen-bond acceptors (Lipinski definition) is 3. The van der Waals surface area contributed by atoms with Gasteiger partial charge < -0.3 is 0 Å². The number of urea groups is 1. The monoisotopic (exact) mass is 580 g/mol. The van der Waals surface area contributed by atoms with Crippen molar-refractivity contribution in [2.75, 3.05) is 0 Å². The predicted octanol–water partition coefficient (Wildman–Crippen LogP) is 5.90. The van der Waals surface area contributed by atoms with Crippen molar-refractivity contribution in [3.63, 3.8) is 0 Å². The largest absolute Gasteiger partial charge is 0.416 e. The van der Waals surface area contributed by atoms with Crippen LogP contribution in [-0.4, -0.2) is 17.8 Å². The van der Waals surface area contributed by atoms with Gasteiger partial charge in [0.2, 0.25) is 11.8 Å². The molecule has 0 spiro atoms. The number of nitrogens with one attached hydrogen (secondary N) is 2. The SMILES string of the molecule is O=C1NC(=O)C(Cc2cc(C(F)(F)F)cc(C(F)(F)F)c2)(Cc2cc(C(F)(F)F)cc(C(F)(F)F)c2)C(=O)N1. The molecular weight excluding hydrogens is 568 g/mol. The van der Waals surface area contributed by atoms with Crippen molar-refractivity contribution in [2.45, 2.75) is 37.5 Å². The molecule has 17 heteroatoms. The van der Waals surface area contributed by atoms with E-state index in [2.05, 4.69) is 0 Å². The molecule has 3 rings (SSSR count). The fourth-order valence-electron chi connectivity index (χ4n) is 3.90. The van der Waals surface area contributed by atoms with Gasteiger partial charge in [-0.3, -0.25) is 20.2 Å². The molecule has 0 bridgehead atoms. The Balaban J connectivity index is 2.23. The Hall–Kier alpha value is -3.79. The summed E-state index contributed by atoms with van der Waals surface area (Å²) in [5, 5.41) is 3.04. The van der Waals surface area contributed by atoms with Gasteiger partial charge in [-0.05, 0) is 60.4 Å². The molecule has 5 nitrogen and oxygen atoms in total. The zero-order valence-electron chi connectivity index (χ0n) is 18.6. The first-order chi connectivity index (χ1) is 17.5. The molecule has 1 saturated heterocycles. The number of carbonyl (C=O) groups excluding carboxylic acids is 3. The highest BCUT2D eigenvalue weighted by molar-refractivity contribution is 6.19. The van der Waals surface area contributed by atoms with Gasteiger partial charge in [0.05, 0.1) is 22.3 Å². The third-order valence-corrected chi connectivity index (χ3v) is 5.63. The summed E-state index contributed by atoms with van der Waals surface area (Å²) in [6.07, 6.45) is -24.2. The molecule has 39 heavy (non-hydrogen) atoms. The molecule has 1 heterocycles. The van der Waals surface area contributed by atoms with Gasteiger partial charge in [-0.1, -0.05) is 0 Å². The lowest BCUT2D eigenvalue weighted by atomic mass is 9.73. The summed E-state index contributed by atoms with van der Waals surface area (Å²) in [4.78, 5) is 37.1. The van der Waals surface area contributed by atoms with Crippen molar-refractivity contribution in [1.29, 1.82) is 0 Å². The molecule has 0 saturated carbocycles. The number of imide groups is 2. The maximum absolute atomic E-state index is 13.3. The minimum atomic E-state index is -5.36. The second-order valence-electron chi connectivity index (χ2n) is 8.50. The van der Waals surface area contributed by atoms with Crippen molar-refractivity contribution in [2.24, 2.45) is 5.41 Å². The van der Waals surface area contributed by atoms with Crippen LogP contribution in [0.5, 0.6) is 0 Å². The Morgan fingerprint density at radius 2 is 0.744 bits per heavy atom. The molecule has 1 fully saturated rings. The Bertz CT molecular complexity index is 1160. The summed E-state index contributed by atoms with van der Waals surface area (Å²) in [6, 6.07) is -1.53. The number of barbiturate groups is 1. The summed E-state index contributed by atoms with van der Waals surface area (Å²) in [5.41, 5.74) is -12.3. The lowest BCUT2D eigenvalue weighted by Crippen LogP contribution is -2.64. The fraction of sp³-hybridized carbons (Fsp3) is 0.318. The van der Waals surface area contributed by atoms with Gasteiger partial charge in [0.1, 0.15) is 5.41 Å². The highest BCUT2D eigenvalue weighted by Crippen LogP contribution is 2.41. The minimum absolute atomic E-state index is 0.126. The smallest absolute Gasteiger partial charge is 0.277 e. The van der Waals surface area contributed by atoms with E-state index >= 15 is 0 Å². The number of halogens is 12. The second-order valence-corrected chi connectivity index (χ2v) is 8.50. The van der Waals surface area contributed by atoms with Crippen LogP contribution >= 0.6 is 0 Å². The Labute approximate surface area is 209 Å². The summed E-state index contributed by atoms with van der Waals surface area (Å²) in [6.45, 7) is 0. The molecule has 0 aromatic heterocycles. The number of alkyl halides is 12. The van der Waals surface area contributed by atoms with Gasteiger partial charge in [-0.25, -0.2) is 4.79 Å². The molecule has 2 aromatic rings. The number of carbonyl (C=O) groups is 3.